The molecule has 114 valence electrons. The van der Waals surface area contributed by atoms with E-state index in [0.29, 0.717) is 0 Å². The summed E-state index contributed by atoms with van der Waals surface area (Å²) in [4.78, 5) is 33.5. The van der Waals surface area contributed by atoms with Crippen LogP contribution in [0.25, 0.3) is 0 Å². The summed E-state index contributed by atoms with van der Waals surface area (Å²) in [5, 5.41) is 13.9. The van der Waals surface area contributed by atoms with Crippen molar-refractivity contribution in [3.8, 4) is 0 Å². The van der Waals surface area contributed by atoms with Gasteiger partial charge in [0.15, 0.2) is 0 Å². The molecule has 1 aromatic carbocycles. The van der Waals surface area contributed by atoms with Crippen LogP contribution in [0.3, 0.4) is 0 Å². The molecular weight excluding hydrogens is 300 g/mol. The van der Waals surface area contributed by atoms with Crippen LogP contribution in [0.2, 0.25) is 5.02 Å². The topological polar surface area (TPSA) is 105 Å². The number of halogens is 1. The second kappa shape index (κ2) is 8.11. The number of rotatable bonds is 6. The highest BCUT2D eigenvalue weighted by molar-refractivity contribution is 6.33. The van der Waals surface area contributed by atoms with E-state index in [0.717, 1.165) is 0 Å². The van der Waals surface area contributed by atoms with Crippen LogP contribution in [0, 0.1) is 0 Å². The average Bonchev–Trinajstić information content (AvgIpc) is 2.41. The summed E-state index contributed by atoms with van der Waals surface area (Å²) in [6.07, 6.45) is 0.0458. The third-order valence-corrected chi connectivity index (χ3v) is 2.71. The molecule has 0 aliphatic carbocycles. The minimum absolute atomic E-state index is 0.00113. The van der Waals surface area contributed by atoms with Gasteiger partial charge >= 0.3 is 18.0 Å². The second-order valence-corrected chi connectivity index (χ2v) is 4.34. The zero-order chi connectivity index (χ0) is 15.8. The van der Waals surface area contributed by atoms with Crippen LogP contribution >= 0.6 is 11.6 Å². The van der Waals surface area contributed by atoms with Crippen LogP contribution in [-0.4, -0.2) is 36.2 Å². The molecule has 0 bridgehead atoms. The lowest BCUT2D eigenvalue weighted by Gasteiger charge is -2.09. The van der Waals surface area contributed by atoms with Gasteiger partial charge in [0.2, 0.25) is 0 Å². The SMILES string of the molecule is CCOC(=O)CCNC(=O)Nc1cc(C(=O)O)ccc1Cl. The maximum Gasteiger partial charge on any atom is 0.335 e. The number of ether oxygens (including phenoxy) is 1. The normalized spacial score (nSPS) is 9.81. The first-order valence-corrected chi connectivity index (χ1v) is 6.55. The molecule has 0 radical (unpaired) electrons. The number of esters is 1. The Morgan fingerprint density at radius 3 is 2.67 bits per heavy atom. The van der Waals surface area contributed by atoms with Crippen LogP contribution in [0.15, 0.2) is 18.2 Å². The number of carboxylic acids is 1. The maximum atomic E-state index is 11.6. The lowest BCUT2D eigenvalue weighted by atomic mass is 10.2. The molecule has 0 saturated carbocycles. The molecule has 21 heavy (non-hydrogen) atoms. The molecule has 0 unspecified atom stereocenters. The van der Waals surface area contributed by atoms with Crippen LogP contribution in [0.4, 0.5) is 10.5 Å². The fourth-order valence-electron chi connectivity index (χ4n) is 1.43. The van der Waals surface area contributed by atoms with E-state index in [-0.39, 0.29) is 35.8 Å². The number of hydrogen-bond donors (Lipinski definition) is 3. The van der Waals surface area contributed by atoms with Gasteiger partial charge in [0, 0.05) is 6.54 Å². The molecule has 1 aromatic rings. The summed E-state index contributed by atoms with van der Waals surface area (Å²) >= 11 is 5.86. The van der Waals surface area contributed by atoms with Gasteiger partial charge < -0.3 is 20.5 Å². The molecular formula is C13H15ClN2O5. The molecule has 3 N–H and O–H groups in total. The van der Waals surface area contributed by atoms with E-state index in [1.807, 2.05) is 0 Å². The van der Waals surface area contributed by atoms with Crippen molar-refractivity contribution in [3.63, 3.8) is 0 Å². The minimum atomic E-state index is -1.13. The van der Waals surface area contributed by atoms with Gasteiger partial charge in [-0.05, 0) is 25.1 Å². The van der Waals surface area contributed by atoms with Crippen LogP contribution in [-0.2, 0) is 9.53 Å². The molecule has 0 heterocycles. The number of urea groups is 1. The second-order valence-electron chi connectivity index (χ2n) is 3.94. The summed E-state index contributed by atoms with van der Waals surface area (Å²) in [5.74, 6) is -1.54. The zero-order valence-corrected chi connectivity index (χ0v) is 12.1. The van der Waals surface area contributed by atoms with Crippen LogP contribution < -0.4 is 10.6 Å². The molecule has 0 aliphatic heterocycles. The first kappa shape index (κ1) is 16.8. The van der Waals surface area contributed by atoms with Gasteiger partial charge in [-0.2, -0.15) is 0 Å². The molecule has 2 amide bonds. The number of aromatic carboxylic acids is 1. The lowest BCUT2D eigenvalue weighted by molar-refractivity contribution is -0.142. The van der Waals surface area contributed by atoms with Gasteiger partial charge in [0.25, 0.3) is 0 Å². The summed E-state index contributed by atoms with van der Waals surface area (Å²) in [7, 11) is 0. The number of nitrogens with one attached hydrogen (secondary N) is 2. The van der Waals surface area contributed by atoms with Gasteiger partial charge in [-0.3, -0.25) is 4.79 Å². The van der Waals surface area contributed by atoms with Crippen molar-refractivity contribution in [1.82, 2.24) is 5.32 Å². The Bertz CT molecular complexity index is 547. The predicted molar refractivity (Wildman–Crippen MR) is 76.7 cm³/mol. The van der Waals surface area contributed by atoms with E-state index >= 15 is 0 Å². The number of carbonyl (C=O) groups excluding carboxylic acids is 2. The van der Waals surface area contributed by atoms with E-state index in [9.17, 15) is 14.4 Å². The third kappa shape index (κ3) is 5.70. The van der Waals surface area contributed by atoms with Crippen molar-refractivity contribution in [2.45, 2.75) is 13.3 Å². The smallest absolute Gasteiger partial charge is 0.335 e. The third-order valence-electron chi connectivity index (χ3n) is 2.38. The highest BCUT2D eigenvalue weighted by atomic mass is 35.5. The molecule has 8 heteroatoms. The summed E-state index contributed by atoms with van der Waals surface area (Å²) in [5.41, 5.74) is 0.173. The molecule has 0 aliphatic rings. The maximum absolute atomic E-state index is 11.6. The summed E-state index contributed by atoms with van der Waals surface area (Å²) in [6, 6.07) is 3.35. The van der Waals surface area contributed by atoms with Crippen molar-refractivity contribution in [2.75, 3.05) is 18.5 Å². The first-order valence-electron chi connectivity index (χ1n) is 6.17. The molecule has 0 aromatic heterocycles. The molecule has 0 spiro atoms. The zero-order valence-electron chi connectivity index (χ0n) is 11.3. The van der Waals surface area contributed by atoms with E-state index in [4.69, 9.17) is 21.4 Å². The molecule has 0 atom stereocenters. The van der Waals surface area contributed by atoms with Crippen LogP contribution in [0.1, 0.15) is 23.7 Å². The number of carbonyl (C=O) groups is 3. The fraction of sp³-hybridized carbons (Fsp3) is 0.308. The molecule has 1 rings (SSSR count). The van der Waals surface area contributed by atoms with Crippen molar-refractivity contribution in [1.29, 1.82) is 0 Å². The lowest BCUT2D eigenvalue weighted by Crippen LogP contribution is -2.31. The minimum Gasteiger partial charge on any atom is -0.478 e. The number of anilines is 1. The van der Waals surface area contributed by atoms with Gasteiger partial charge in [-0.15, -0.1) is 0 Å². The van der Waals surface area contributed by atoms with Crippen LogP contribution in [0.5, 0.6) is 0 Å². The Labute approximate surface area is 126 Å². The highest BCUT2D eigenvalue weighted by Gasteiger charge is 2.10. The Morgan fingerprint density at radius 1 is 1.33 bits per heavy atom. The largest absolute Gasteiger partial charge is 0.478 e. The molecule has 0 fully saturated rings. The Morgan fingerprint density at radius 2 is 2.05 bits per heavy atom. The molecule has 7 nitrogen and oxygen atoms in total. The standard InChI is InChI=1S/C13H15ClN2O5/c1-2-21-11(17)5-6-15-13(20)16-10-7-8(12(18)19)3-4-9(10)14/h3-4,7H,2,5-6H2,1H3,(H,18,19)(H2,15,16,20). The summed E-state index contributed by atoms with van der Waals surface area (Å²) < 4.78 is 4.71. The van der Waals surface area contributed by atoms with Gasteiger partial charge in [0.1, 0.15) is 0 Å². The number of carboxylic acid groups (broad SMARTS) is 1. The Kier molecular flexibility index (Phi) is 6.48. The van der Waals surface area contributed by atoms with Crippen molar-refractivity contribution < 1.29 is 24.2 Å². The van der Waals surface area contributed by atoms with E-state index in [2.05, 4.69) is 10.6 Å². The Hall–Kier alpha value is -2.28. The Balaban J connectivity index is 2.53. The number of amides is 2. The number of hydrogen-bond acceptors (Lipinski definition) is 4. The first-order chi connectivity index (χ1) is 9.93. The van der Waals surface area contributed by atoms with Crippen molar-refractivity contribution in [3.05, 3.63) is 28.8 Å². The van der Waals surface area contributed by atoms with Gasteiger partial charge in [-0.25, -0.2) is 9.59 Å². The van der Waals surface area contributed by atoms with Crippen molar-refractivity contribution >= 4 is 35.3 Å². The predicted octanol–water partition coefficient (Wildman–Crippen LogP) is 2.11. The van der Waals surface area contributed by atoms with Gasteiger partial charge in [0.05, 0.1) is 29.3 Å². The number of benzene rings is 1. The quantitative estimate of drug-likeness (QED) is 0.697. The van der Waals surface area contributed by atoms with E-state index in [1.54, 1.807) is 6.92 Å². The fourth-order valence-corrected chi connectivity index (χ4v) is 1.60. The van der Waals surface area contributed by atoms with Gasteiger partial charge in [-0.1, -0.05) is 11.6 Å². The monoisotopic (exact) mass is 314 g/mol. The summed E-state index contributed by atoms with van der Waals surface area (Å²) in [6.45, 7) is 2.07. The average molecular weight is 315 g/mol. The van der Waals surface area contributed by atoms with E-state index < -0.39 is 18.0 Å². The van der Waals surface area contributed by atoms with E-state index in [1.165, 1.54) is 18.2 Å². The highest BCUT2D eigenvalue weighted by Crippen LogP contribution is 2.22. The van der Waals surface area contributed by atoms with Crippen molar-refractivity contribution in [2.24, 2.45) is 0 Å². The molecule has 0 saturated heterocycles.